The highest BCUT2D eigenvalue weighted by Crippen LogP contribution is 2.22. The van der Waals surface area contributed by atoms with E-state index in [-0.39, 0.29) is 11.6 Å². The maximum absolute atomic E-state index is 10.7. The third-order valence-electron chi connectivity index (χ3n) is 3.01. The number of carbonyl (C=O) groups is 1. The Hall–Kier alpha value is -2.06. The Morgan fingerprint density at radius 1 is 1.63 bits per heavy atom. The van der Waals surface area contributed by atoms with Crippen molar-refractivity contribution in [3.8, 4) is 6.07 Å². The molecule has 0 fully saturated rings. The molecule has 1 atom stereocenters. The maximum Gasteiger partial charge on any atom is 0.101 e. The number of methoxy groups -OCH3 is 1. The molecule has 1 aromatic rings. The highest BCUT2D eigenvalue weighted by molar-refractivity contribution is 5.95. The predicted octanol–water partition coefficient (Wildman–Crippen LogP) is 0.969. The van der Waals surface area contributed by atoms with E-state index in [0.717, 1.165) is 11.4 Å². The van der Waals surface area contributed by atoms with Gasteiger partial charge in [0, 0.05) is 18.5 Å². The molecule has 0 aliphatic rings. The number of carboxylic acids is 1. The summed E-state index contributed by atoms with van der Waals surface area (Å²) < 4.78 is 7.18. The SMILES string of the molecule is COC[C@H](C)n1c(C)cc(/C=C(/C#N)C(=O)[O-])c1C. The Labute approximate surface area is 112 Å². The third-order valence-corrected chi connectivity index (χ3v) is 3.01. The van der Waals surface area contributed by atoms with Crippen LogP contribution >= 0.6 is 0 Å². The molecule has 0 unspecified atom stereocenters. The number of ether oxygens (including phenoxy) is 1. The van der Waals surface area contributed by atoms with Crippen LogP contribution in [0.3, 0.4) is 0 Å². The van der Waals surface area contributed by atoms with Gasteiger partial charge in [0.2, 0.25) is 0 Å². The van der Waals surface area contributed by atoms with Crippen molar-refractivity contribution >= 4 is 12.0 Å². The third kappa shape index (κ3) is 3.24. The highest BCUT2D eigenvalue weighted by atomic mass is 16.5. The van der Waals surface area contributed by atoms with Crippen LogP contribution in [-0.2, 0) is 9.53 Å². The van der Waals surface area contributed by atoms with E-state index in [0.29, 0.717) is 12.2 Å². The number of carbonyl (C=O) groups excluding carboxylic acids is 1. The van der Waals surface area contributed by atoms with Crippen LogP contribution in [0, 0.1) is 25.2 Å². The Kier molecular flexibility index (Phi) is 4.90. The molecule has 0 radical (unpaired) electrons. The van der Waals surface area contributed by atoms with Crippen LogP contribution in [0.5, 0.6) is 0 Å². The van der Waals surface area contributed by atoms with Crippen LogP contribution in [0.4, 0.5) is 0 Å². The second kappa shape index (κ2) is 6.21. The van der Waals surface area contributed by atoms with Gasteiger partial charge in [0.1, 0.15) is 6.07 Å². The molecule has 0 aliphatic carbocycles. The summed E-state index contributed by atoms with van der Waals surface area (Å²) in [7, 11) is 1.63. The van der Waals surface area contributed by atoms with Gasteiger partial charge in [-0.3, -0.25) is 0 Å². The van der Waals surface area contributed by atoms with Gasteiger partial charge < -0.3 is 19.2 Å². The van der Waals surface area contributed by atoms with Crippen LogP contribution in [0.15, 0.2) is 11.6 Å². The van der Waals surface area contributed by atoms with E-state index < -0.39 is 5.97 Å². The predicted molar refractivity (Wildman–Crippen MR) is 69.1 cm³/mol. The highest BCUT2D eigenvalue weighted by Gasteiger charge is 2.13. The minimum Gasteiger partial charge on any atom is -0.544 e. The lowest BCUT2D eigenvalue weighted by Crippen LogP contribution is -2.23. The van der Waals surface area contributed by atoms with Crippen LogP contribution in [-0.4, -0.2) is 24.3 Å². The van der Waals surface area contributed by atoms with E-state index in [2.05, 4.69) is 4.57 Å². The fourth-order valence-corrected chi connectivity index (χ4v) is 2.24. The molecule has 1 heterocycles. The Balaban J connectivity index is 3.24. The average molecular weight is 261 g/mol. The van der Waals surface area contributed by atoms with Crippen molar-refractivity contribution < 1.29 is 14.6 Å². The van der Waals surface area contributed by atoms with E-state index in [1.165, 1.54) is 6.08 Å². The van der Waals surface area contributed by atoms with Gasteiger partial charge in [-0.25, -0.2) is 0 Å². The number of aromatic nitrogens is 1. The molecule has 0 spiro atoms. The number of aliphatic carboxylic acids is 1. The van der Waals surface area contributed by atoms with Crippen molar-refractivity contribution in [1.29, 1.82) is 5.26 Å². The van der Waals surface area contributed by atoms with E-state index >= 15 is 0 Å². The zero-order valence-corrected chi connectivity index (χ0v) is 11.6. The largest absolute Gasteiger partial charge is 0.544 e. The summed E-state index contributed by atoms with van der Waals surface area (Å²) in [6.07, 6.45) is 1.34. The number of hydrogen-bond donors (Lipinski definition) is 0. The fraction of sp³-hybridized carbons (Fsp3) is 0.429. The summed E-state index contributed by atoms with van der Waals surface area (Å²) in [6, 6.07) is 3.61. The number of hydrogen-bond acceptors (Lipinski definition) is 4. The van der Waals surface area contributed by atoms with Gasteiger partial charge in [0.25, 0.3) is 0 Å². The van der Waals surface area contributed by atoms with Gasteiger partial charge in [-0.05, 0) is 38.5 Å². The van der Waals surface area contributed by atoms with Gasteiger partial charge in [0.15, 0.2) is 0 Å². The molecule has 0 saturated heterocycles. The summed E-state index contributed by atoms with van der Waals surface area (Å²) in [5.41, 5.74) is 2.22. The Morgan fingerprint density at radius 3 is 2.74 bits per heavy atom. The van der Waals surface area contributed by atoms with Crippen molar-refractivity contribution in [2.45, 2.75) is 26.8 Å². The molecule has 1 aromatic heterocycles. The van der Waals surface area contributed by atoms with Crippen LogP contribution in [0.1, 0.15) is 29.9 Å². The average Bonchev–Trinajstić information content (AvgIpc) is 2.61. The Morgan fingerprint density at radius 2 is 2.26 bits per heavy atom. The number of aryl methyl sites for hydroxylation is 1. The second-order valence-corrected chi connectivity index (χ2v) is 4.46. The minimum atomic E-state index is -1.46. The van der Waals surface area contributed by atoms with Gasteiger partial charge in [-0.15, -0.1) is 0 Å². The molecule has 0 amide bonds. The number of nitrogens with zero attached hydrogens (tertiary/aromatic N) is 2. The lowest BCUT2D eigenvalue weighted by atomic mass is 10.1. The van der Waals surface area contributed by atoms with Crippen molar-refractivity contribution in [1.82, 2.24) is 4.57 Å². The molecule has 5 heteroatoms. The summed E-state index contributed by atoms with van der Waals surface area (Å²) in [4.78, 5) is 10.7. The number of rotatable bonds is 5. The molecular weight excluding hydrogens is 244 g/mol. The topological polar surface area (TPSA) is 78.1 Å². The number of carboxylic acid groups (broad SMARTS) is 1. The minimum absolute atomic E-state index is 0.139. The molecule has 5 nitrogen and oxygen atoms in total. The zero-order valence-electron chi connectivity index (χ0n) is 11.6. The molecule has 0 bridgehead atoms. The quantitative estimate of drug-likeness (QED) is 0.584. The standard InChI is InChI=1S/C14H18N2O3/c1-9-5-12(6-13(7-15)14(17)18)11(3)16(9)10(2)8-19-4/h5-6,10H,8H2,1-4H3,(H,17,18)/p-1/b13-6-/t10-/m0/s1. The zero-order chi connectivity index (χ0) is 14.6. The number of nitriles is 1. The molecule has 19 heavy (non-hydrogen) atoms. The van der Waals surface area contributed by atoms with Crippen molar-refractivity contribution in [3.63, 3.8) is 0 Å². The monoisotopic (exact) mass is 261 g/mol. The van der Waals surface area contributed by atoms with E-state index in [9.17, 15) is 9.90 Å². The molecule has 0 saturated carbocycles. The smallest absolute Gasteiger partial charge is 0.101 e. The Bertz CT molecular complexity index is 550. The molecule has 1 rings (SSSR count). The van der Waals surface area contributed by atoms with E-state index in [1.807, 2.05) is 26.8 Å². The summed E-state index contributed by atoms with van der Waals surface area (Å²) in [5.74, 6) is -1.46. The first-order valence-corrected chi connectivity index (χ1v) is 5.92. The van der Waals surface area contributed by atoms with Crippen LogP contribution in [0.2, 0.25) is 0 Å². The van der Waals surface area contributed by atoms with E-state index in [1.54, 1.807) is 13.2 Å². The van der Waals surface area contributed by atoms with Gasteiger partial charge in [-0.2, -0.15) is 5.26 Å². The fourth-order valence-electron chi connectivity index (χ4n) is 2.24. The maximum atomic E-state index is 10.7. The van der Waals surface area contributed by atoms with Crippen molar-refractivity contribution in [3.05, 3.63) is 28.6 Å². The lowest BCUT2D eigenvalue weighted by Gasteiger charge is -2.17. The van der Waals surface area contributed by atoms with Crippen molar-refractivity contribution in [2.24, 2.45) is 0 Å². The molecule has 0 aliphatic heterocycles. The molecule has 102 valence electrons. The first-order valence-electron chi connectivity index (χ1n) is 5.92. The summed E-state index contributed by atoms with van der Waals surface area (Å²) in [6.45, 7) is 6.39. The second-order valence-electron chi connectivity index (χ2n) is 4.46. The van der Waals surface area contributed by atoms with Crippen molar-refractivity contribution in [2.75, 3.05) is 13.7 Å². The van der Waals surface area contributed by atoms with E-state index in [4.69, 9.17) is 10.00 Å². The summed E-state index contributed by atoms with van der Waals surface area (Å²) in [5, 5.41) is 19.5. The lowest BCUT2D eigenvalue weighted by molar-refractivity contribution is -0.298. The first-order chi connectivity index (χ1) is 8.92. The molecule has 0 aromatic carbocycles. The molecule has 0 N–H and O–H groups in total. The molecular formula is C14H17N2O3-. The first kappa shape index (κ1) is 15.0. The van der Waals surface area contributed by atoms with Gasteiger partial charge >= 0.3 is 0 Å². The van der Waals surface area contributed by atoms with Crippen LogP contribution < -0.4 is 5.11 Å². The normalized spacial score (nSPS) is 13.1. The summed E-state index contributed by atoms with van der Waals surface area (Å²) >= 11 is 0. The van der Waals surface area contributed by atoms with Gasteiger partial charge in [0.05, 0.1) is 24.2 Å². The van der Waals surface area contributed by atoms with Gasteiger partial charge in [-0.1, -0.05) is 0 Å². The van der Waals surface area contributed by atoms with Crippen LogP contribution in [0.25, 0.3) is 6.08 Å².